The zero-order chi connectivity index (χ0) is 14.1. The van der Waals surface area contributed by atoms with E-state index in [1.54, 1.807) is 18.5 Å². The van der Waals surface area contributed by atoms with Gasteiger partial charge in [-0.15, -0.1) is 0 Å². The summed E-state index contributed by atoms with van der Waals surface area (Å²) in [5.41, 5.74) is 0.703. The van der Waals surface area contributed by atoms with Gasteiger partial charge in [-0.2, -0.15) is 0 Å². The predicted octanol–water partition coefficient (Wildman–Crippen LogP) is 0.629. The number of pyridine rings is 1. The number of aromatic nitrogens is 1. The molecular formula is C13H17NO4S. The highest BCUT2D eigenvalue weighted by Crippen LogP contribution is 2.10. The molecule has 0 radical (unpaired) electrons. The van der Waals surface area contributed by atoms with Crippen LogP contribution in [0.25, 0.3) is 0 Å². The molecule has 0 bridgehead atoms. The number of aliphatic hydroxyl groups is 1. The van der Waals surface area contributed by atoms with E-state index in [1.807, 2.05) is 0 Å². The van der Waals surface area contributed by atoms with Crippen LogP contribution in [-0.4, -0.2) is 43.7 Å². The summed E-state index contributed by atoms with van der Waals surface area (Å²) < 4.78 is 27.3. The van der Waals surface area contributed by atoms with Crippen molar-refractivity contribution >= 4 is 9.84 Å². The Hall–Kier alpha value is -1.58. The Bertz CT molecular complexity index is 557. The van der Waals surface area contributed by atoms with Crippen LogP contribution < -0.4 is 4.74 Å². The highest BCUT2D eigenvalue weighted by atomic mass is 32.2. The second kappa shape index (κ2) is 7.77. The van der Waals surface area contributed by atoms with Crippen LogP contribution in [0.4, 0.5) is 0 Å². The molecule has 1 rings (SSSR count). The van der Waals surface area contributed by atoms with E-state index in [1.165, 1.54) is 6.26 Å². The van der Waals surface area contributed by atoms with Gasteiger partial charge in [0, 0.05) is 24.4 Å². The van der Waals surface area contributed by atoms with Crippen LogP contribution in [0.3, 0.4) is 0 Å². The molecule has 0 saturated carbocycles. The molecule has 104 valence electrons. The summed E-state index contributed by atoms with van der Waals surface area (Å²) in [6, 6.07) is 1.73. The maximum absolute atomic E-state index is 10.9. The minimum atomic E-state index is -2.94. The largest absolute Gasteiger partial charge is 0.492 e. The number of hydrogen-bond donors (Lipinski definition) is 1. The van der Waals surface area contributed by atoms with Gasteiger partial charge < -0.3 is 9.84 Å². The Balaban J connectivity index is 2.47. The van der Waals surface area contributed by atoms with Crippen molar-refractivity contribution in [3.8, 4) is 17.6 Å². The normalized spacial score (nSPS) is 10.6. The van der Waals surface area contributed by atoms with Crippen molar-refractivity contribution < 1.29 is 18.3 Å². The lowest BCUT2D eigenvalue weighted by molar-refractivity contribution is 0.305. The summed E-state index contributed by atoms with van der Waals surface area (Å²) in [6.45, 7) is 0.352. The fourth-order valence-corrected chi connectivity index (χ4v) is 1.94. The van der Waals surface area contributed by atoms with Crippen LogP contribution in [-0.2, 0) is 9.84 Å². The molecule has 0 aliphatic carbocycles. The van der Waals surface area contributed by atoms with Crippen LogP contribution >= 0.6 is 0 Å². The second-order valence-electron chi connectivity index (χ2n) is 4.02. The van der Waals surface area contributed by atoms with E-state index in [2.05, 4.69) is 16.8 Å². The molecule has 0 saturated heterocycles. The average Bonchev–Trinajstić information content (AvgIpc) is 2.35. The van der Waals surface area contributed by atoms with E-state index >= 15 is 0 Å². The van der Waals surface area contributed by atoms with Gasteiger partial charge in [-0.05, 0) is 12.5 Å². The van der Waals surface area contributed by atoms with Crippen LogP contribution in [0.2, 0.25) is 0 Å². The van der Waals surface area contributed by atoms with Crippen molar-refractivity contribution in [3.63, 3.8) is 0 Å². The van der Waals surface area contributed by atoms with E-state index < -0.39 is 9.84 Å². The van der Waals surface area contributed by atoms with Crippen LogP contribution in [0.5, 0.6) is 5.75 Å². The highest BCUT2D eigenvalue weighted by Gasteiger charge is 2.02. The standard InChI is InChI=1S/C13H17NO4S/c1-19(16,17)8-4-7-18-13-9-12(10-14-11-13)5-2-3-6-15/h9-11,15H,3-4,6-8H2,1H3. The molecule has 1 N–H and O–H groups in total. The van der Waals surface area contributed by atoms with Gasteiger partial charge in [0.25, 0.3) is 0 Å². The van der Waals surface area contributed by atoms with Crippen LogP contribution in [0.1, 0.15) is 18.4 Å². The maximum Gasteiger partial charge on any atom is 0.147 e. The fourth-order valence-electron chi connectivity index (χ4n) is 1.30. The summed E-state index contributed by atoms with van der Waals surface area (Å²) in [7, 11) is -2.94. The molecule has 1 heterocycles. The SMILES string of the molecule is CS(=O)(=O)CCCOc1cncc(C#CCCO)c1. The molecule has 19 heavy (non-hydrogen) atoms. The van der Waals surface area contributed by atoms with Gasteiger partial charge in [-0.1, -0.05) is 11.8 Å². The van der Waals surface area contributed by atoms with Crippen molar-refractivity contribution in [3.05, 3.63) is 24.0 Å². The average molecular weight is 283 g/mol. The lowest BCUT2D eigenvalue weighted by Gasteiger charge is -2.05. The third kappa shape index (κ3) is 7.44. The van der Waals surface area contributed by atoms with Crippen LogP contribution in [0.15, 0.2) is 18.5 Å². The summed E-state index contributed by atoms with van der Waals surface area (Å²) in [5.74, 6) is 6.31. The molecule has 0 aromatic carbocycles. The molecule has 6 heteroatoms. The molecule has 0 fully saturated rings. The van der Waals surface area contributed by atoms with Crippen molar-refractivity contribution in [1.82, 2.24) is 4.98 Å². The van der Waals surface area contributed by atoms with E-state index in [-0.39, 0.29) is 12.4 Å². The van der Waals surface area contributed by atoms with E-state index in [0.29, 0.717) is 30.8 Å². The number of rotatable bonds is 6. The van der Waals surface area contributed by atoms with Gasteiger partial charge in [0.2, 0.25) is 0 Å². The summed E-state index contributed by atoms with van der Waals surface area (Å²) in [6.07, 6.45) is 5.22. The van der Waals surface area contributed by atoms with Crippen molar-refractivity contribution in [2.45, 2.75) is 12.8 Å². The van der Waals surface area contributed by atoms with Crippen molar-refractivity contribution in [1.29, 1.82) is 0 Å². The second-order valence-corrected chi connectivity index (χ2v) is 6.28. The molecule has 0 aliphatic heterocycles. The number of sulfone groups is 1. The molecular weight excluding hydrogens is 266 g/mol. The zero-order valence-electron chi connectivity index (χ0n) is 10.8. The monoisotopic (exact) mass is 283 g/mol. The molecule has 0 amide bonds. The van der Waals surface area contributed by atoms with Crippen LogP contribution in [0, 0.1) is 11.8 Å². The predicted molar refractivity (Wildman–Crippen MR) is 72.6 cm³/mol. The van der Waals surface area contributed by atoms with Crippen molar-refractivity contribution in [2.24, 2.45) is 0 Å². The first kappa shape index (κ1) is 15.5. The summed E-state index contributed by atoms with van der Waals surface area (Å²) in [5, 5.41) is 8.62. The Labute approximate surface area is 113 Å². The Morgan fingerprint density at radius 3 is 2.89 bits per heavy atom. The zero-order valence-corrected chi connectivity index (χ0v) is 11.6. The van der Waals surface area contributed by atoms with Gasteiger partial charge >= 0.3 is 0 Å². The molecule has 0 atom stereocenters. The van der Waals surface area contributed by atoms with Gasteiger partial charge in [-0.3, -0.25) is 4.98 Å². The summed E-state index contributed by atoms with van der Waals surface area (Å²) in [4.78, 5) is 3.98. The minimum Gasteiger partial charge on any atom is -0.492 e. The van der Waals surface area contributed by atoms with Crippen molar-refractivity contribution in [2.75, 3.05) is 25.2 Å². The molecule has 0 aliphatic rings. The van der Waals surface area contributed by atoms with E-state index in [0.717, 1.165) is 0 Å². The third-order valence-corrected chi connectivity index (χ3v) is 3.14. The number of ether oxygens (including phenoxy) is 1. The third-order valence-electron chi connectivity index (χ3n) is 2.11. The molecule has 0 spiro atoms. The Morgan fingerprint density at radius 1 is 1.42 bits per heavy atom. The molecule has 1 aromatic rings. The lowest BCUT2D eigenvalue weighted by atomic mass is 10.2. The smallest absolute Gasteiger partial charge is 0.147 e. The molecule has 1 aromatic heterocycles. The van der Waals surface area contributed by atoms with Gasteiger partial charge in [0.1, 0.15) is 15.6 Å². The van der Waals surface area contributed by atoms with Gasteiger partial charge in [0.15, 0.2) is 0 Å². The minimum absolute atomic E-state index is 0.0299. The first-order valence-electron chi connectivity index (χ1n) is 5.86. The topological polar surface area (TPSA) is 76.5 Å². The molecule has 0 unspecified atom stereocenters. The van der Waals surface area contributed by atoms with E-state index in [4.69, 9.17) is 9.84 Å². The summed E-state index contributed by atoms with van der Waals surface area (Å²) >= 11 is 0. The highest BCUT2D eigenvalue weighted by molar-refractivity contribution is 7.90. The fraction of sp³-hybridized carbons (Fsp3) is 0.462. The molecule has 5 nitrogen and oxygen atoms in total. The number of nitrogens with zero attached hydrogens (tertiary/aromatic N) is 1. The Kier molecular flexibility index (Phi) is 6.33. The number of hydrogen-bond acceptors (Lipinski definition) is 5. The van der Waals surface area contributed by atoms with Gasteiger partial charge in [0.05, 0.1) is 25.2 Å². The quantitative estimate of drug-likeness (QED) is 0.612. The van der Waals surface area contributed by atoms with Gasteiger partial charge in [-0.25, -0.2) is 8.42 Å². The number of aliphatic hydroxyl groups excluding tert-OH is 1. The lowest BCUT2D eigenvalue weighted by Crippen LogP contribution is -2.08. The first-order valence-corrected chi connectivity index (χ1v) is 7.92. The Morgan fingerprint density at radius 2 is 2.21 bits per heavy atom. The first-order chi connectivity index (χ1) is 9.01. The maximum atomic E-state index is 10.9. The van der Waals surface area contributed by atoms with E-state index in [9.17, 15) is 8.42 Å².